The number of rotatable bonds is 6. The molecule has 2 aliphatic rings. The summed E-state index contributed by atoms with van der Waals surface area (Å²) < 4.78 is 0. The van der Waals surface area contributed by atoms with Crippen LogP contribution in [0.15, 0.2) is 36.4 Å². The monoisotopic (exact) mass is 381 g/mol. The van der Waals surface area contributed by atoms with Crippen LogP contribution < -0.4 is 5.32 Å². The van der Waals surface area contributed by atoms with E-state index in [0.29, 0.717) is 31.1 Å². The molecule has 2 heterocycles. The van der Waals surface area contributed by atoms with Crippen molar-refractivity contribution in [1.82, 2.24) is 20.0 Å². The fourth-order valence-electron chi connectivity index (χ4n) is 3.56. The zero-order valence-corrected chi connectivity index (χ0v) is 16.2. The second kappa shape index (κ2) is 8.24. The molecule has 1 saturated carbocycles. The van der Waals surface area contributed by atoms with Gasteiger partial charge >= 0.3 is 0 Å². The number of likely N-dealkylation sites (N-methyl/N-ethyl adjacent to an activating group) is 1. The SMILES string of the molecule is CN1CCN(C(=O)c2ccc(-c3ccc(NC4CC4)nn3)cc2)C[C@@H]1CCO. The fourth-order valence-corrected chi connectivity index (χ4v) is 3.56. The van der Waals surface area contributed by atoms with Crippen molar-refractivity contribution in [2.45, 2.75) is 31.3 Å². The lowest BCUT2D eigenvalue weighted by Gasteiger charge is -2.39. The van der Waals surface area contributed by atoms with E-state index in [1.807, 2.05) is 48.3 Å². The van der Waals surface area contributed by atoms with Crippen LogP contribution in [0.1, 0.15) is 29.6 Å². The third-order valence-corrected chi connectivity index (χ3v) is 5.55. The van der Waals surface area contributed by atoms with Crippen molar-refractivity contribution in [2.75, 3.05) is 38.6 Å². The number of aliphatic hydroxyl groups excluding tert-OH is 1. The summed E-state index contributed by atoms with van der Waals surface area (Å²) in [6, 6.07) is 12.2. The van der Waals surface area contributed by atoms with Gasteiger partial charge in [-0.15, -0.1) is 10.2 Å². The summed E-state index contributed by atoms with van der Waals surface area (Å²) in [4.78, 5) is 17.0. The molecule has 0 unspecified atom stereocenters. The van der Waals surface area contributed by atoms with Gasteiger partial charge in [-0.3, -0.25) is 9.69 Å². The molecule has 2 N–H and O–H groups in total. The molecule has 4 rings (SSSR count). The third-order valence-electron chi connectivity index (χ3n) is 5.55. The number of amides is 1. The van der Waals surface area contributed by atoms with Gasteiger partial charge in [0.1, 0.15) is 5.82 Å². The third kappa shape index (κ3) is 4.31. The average Bonchev–Trinajstić information content (AvgIpc) is 3.54. The molecule has 1 aliphatic carbocycles. The maximum absolute atomic E-state index is 12.9. The first kappa shape index (κ1) is 18.8. The molecule has 1 saturated heterocycles. The van der Waals surface area contributed by atoms with Gasteiger partial charge in [0, 0.05) is 49.5 Å². The second-order valence-corrected chi connectivity index (χ2v) is 7.70. The molecule has 1 aromatic heterocycles. The van der Waals surface area contributed by atoms with Gasteiger partial charge in [0.25, 0.3) is 5.91 Å². The number of carbonyl (C=O) groups is 1. The molecule has 2 fully saturated rings. The van der Waals surface area contributed by atoms with Crippen molar-refractivity contribution in [3.63, 3.8) is 0 Å². The van der Waals surface area contributed by atoms with Crippen LogP contribution in [-0.2, 0) is 0 Å². The van der Waals surface area contributed by atoms with E-state index in [1.54, 1.807) is 0 Å². The minimum atomic E-state index is 0.0395. The second-order valence-electron chi connectivity index (χ2n) is 7.70. The Kier molecular flexibility index (Phi) is 5.54. The highest BCUT2D eigenvalue weighted by Crippen LogP contribution is 2.24. The fraction of sp³-hybridized carbons (Fsp3) is 0.476. The standard InChI is InChI=1S/C21H27N5O2/c1-25-11-12-26(14-18(25)10-13-27)21(28)16-4-2-15(3-5-16)19-8-9-20(24-23-19)22-17-6-7-17/h2-5,8-9,17-18,27H,6-7,10-14H2,1H3,(H,22,24)/t18-/m0/s1. The molecular formula is C21H27N5O2. The van der Waals surface area contributed by atoms with Gasteiger partial charge in [-0.1, -0.05) is 12.1 Å². The molecule has 2 aromatic rings. The van der Waals surface area contributed by atoms with E-state index in [1.165, 1.54) is 12.8 Å². The number of piperazine rings is 1. The van der Waals surface area contributed by atoms with Gasteiger partial charge in [0.2, 0.25) is 0 Å². The van der Waals surface area contributed by atoms with Crippen molar-refractivity contribution in [3.8, 4) is 11.3 Å². The Morgan fingerprint density at radius 3 is 2.57 bits per heavy atom. The lowest BCUT2D eigenvalue weighted by Crippen LogP contribution is -2.53. The predicted octanol–water partition coefficient (Wildman–Crippen LogP) is 1.86. The molecule has 7 nitrogen and oxygen atoms in total. The van der Waals surface area contributed by atoms with E-state index >= 15 is 0 Å². The van der Waals surface area contributed by atoms with E-state index in [2.05, 4.69) is 20.4 Å². The van der Waals surface area contributed by atoms with Crippen LogP contribution in [0.2, 0.25) is 0 Å². The van der Waals surface area contributed by atoms with E-state index in [-0.39, 0.29) is 18.6 Å². The Hall–Kier alpha value is -2.51. The number of anilines is 1. The van der Waals surface area contributed by atoms with Crippen molar-refractivity contribution in [3.05, 3.63) is 42.0 Å². The summed E-state index contributed by atoms with van der Waals surface area (Å²) in [5.41, 5.74) is 2.41. The highest BCUT2D eigenvalue weighted by atomic mass is 16.3. The molecule has 1 aromatic carbocycles. The number of aliphatic hydroxyl groups is 1. The van der Waals surface area contributed by atoms with E-state index in [4.69, 9.17) is 0 Å². The average molecular weight is 381 g/mol. The van der Waals surface area contributed by atoms with Crippen LogP contribution in [0.25, 0.3) is 11.3 Å². The van der Waals surface area contributed by atoms with Crippen LogP contribution in [0.3, 0.4) is 0 Å². The Labute approximate surface area is 165 Å². The first-order valence-electron chi connectivity index (χ1n) is 9.95. The summed E-state index contributed by atoms with van der Waals surface area (Å²) in [6.07, 6.45) is 3.09. The largest absolute Gasteiger partial charge is 0.396 e. The number of aromatic nitrogens is 2. The maximum Gasteiger partial charge on any atom is 0.253 e. The van der Waals surface area contributed by atoms with Crippen LogP contribution in [-0.4, -0.2) is 76.4 Å². The minimum absolute atomic E-state index is 0.0395. The summed E-state index contributed by atoms with van der Waals surface area (Å²) in [6.45, 7) is 2.32. The summed E-state index contributed by atoms with van der Waals surface area (Å²) in [7, 11) is 2.05. The normalized spacial score (nSPS) is 20.2. The number of hydrogen-bond acceptors (Lipinski definition) is 6. The number of benzene rings is 1. The van der Waals surface area contributed by atoms with Crippen LogP contribution in [0, 0.1) is 0 Å². The van der Waals surface area contributed by atoms with Crippen LogP contribution in [0.4, 0.5) is 5.82 Å². The lowest BCUT2D eigenvalue weighted by molar-refractivity contribution is 0.0500. The number of nitrogens with zero attached hydrogens (tertiary/aromatic N) is 4. The molecule has 1 amide bonds. The molecule has 0 spiro atoms. The van der Waals surface area contributed by atoms with Crippen LogP contribution in [0.5, 0.6) is 0 Å². The van der Waals surface area contributed by atoms with Gasteiger partial charge in [0.15, 0.2) is 0 Å². The highest BCUT2D eigenvalue weighted by Gasteiger charge is 2.27. The predicted molar refractivity (Wildman–Crippen MR) is 108 cm³/mol. The number of hydrogen-bond donors (Lipinski definition) is 2. The van der Waals surface area contributed by atoms with Gasteiger partial charge in [-0.25, -0.2) is 0 Å². The van der Waals surface area contributed by atoms with Crippen molar-refractivity contribution < 1.29 is 9.90 Å². The zero-order chi connectivity index (χ0) is 19.5. The van der Waals surface area contributed by atoms with Crippen molar-refractivity contribution in [1.29, 1.82) is 0 Å². The summed E-state index contributed by atoms with van der Waals surface area (Å²) in [5, 5.41) is 21.1. The van der Waals surface area contributed by atoms with Gasteiger partial charge < -0.3 is 15.3 Å². The van der Waals surface area contributed by atoms with E-state index in [0.717, 1.165) is 23.6 Å². The highest BCUT2D eigenvalue weighted by molar-refractivity contribution is 5.94. The maximum atomic E-state index is 12.9. The topological polar surface area (TPSA) is 81.6 Å². The summed E-state index contributed by atoms with van der Waals surface area (Å²) in [5.74, 6) is 0.850. The number of nitrogens with one attached hydrogen (secondary N) is 1. The Balaban J connectivity index is 1.41. The molecule has 28 heavy (non-hydrogen) atoms. The van der Waals surface area contributed by atoms with Crippen molar-refractivity contribution in [2.24, 2.45) is 0 Å². The molecule has 148 valence electrons. The molecule has 7 heteroatoms. The van der Waals surface area contributed by atoms with Gasteiger partial charge in [0.05, 0.1) is 5.69 Å². The molecule has 0 radical (unpaired) electrons. The molecule has 1 aliphatic heterocycles. The Morgan fingerprint density at radius 2 is 1.93 bits per heavy atom. The molecule has 0 bridgehead atoms. The first-order chi connectivity index (χ1) is 13.6. The van der Waals surface area contributed by atoms with E-state index in [9.17, 15) is 9.90 Å². The minimum Gasteiger partial charge on any atom is -0.396 e. The Bertz CT molecular complexity index is 805. The van der Waals surface area contributed by atoms with Gasteiger partial charge in [-0.2, -0.15) is 0 Å². The summed E-state index contributed by atoms with van der Waals surface area (Å²) >= 11 is 0. The Morgan fingerprint density at radius 1 is 1.14 bits per heavy atom. The van der Waals surface area contributed by atoms with Gasteiger partial charge in [-0.05, 0) is 50.6 Å². The molecule has 1 atom stereocenters. The smallest absolute Gasteiger partial charge is 0.253 e. The lowest BCUT2D eigenvalue weighted by atomic mass is 10.1. The first-order valence-corrected chi connectivity index (χ1v) is 9.95. The van der Waals surface area contributed by atoms with Crippen LogP contribution >= 0.6 is 0 Å². The molecular weight excluding hydrogens is 354 g/mol. The zero-order valence-electron chi connectivity index (χ0n) is 16.2. The quantitative estimate of drug-likeness (QED) is 0.795. The van der Waals surface area contributed by atoms with Crippen molar-refractivity contribution >= 4 is 11.7 Å². The number of carbonyl (C=O) groups excluding carboxylic acids is 1. The van der Waals surface area contributed by atoms with E-state index < -0.39 is 0 Å².